The Labute approximate surface area is 177 Å². The van der Waals surface area contributed by atoms with Gasteiger partial charge in [-0.3, -0.25) is 19.4 Å². The van der Waals surface area contributed by atoms with Gasteiger partial charge < -0.3 is 15.1 Å². The first kappa shape index (κ1) is 21.5. The number of hydrogen-bond donors (Lipinski definition) is 1. The molecule has 1 aromatic heterocycles. The van der Waals surface area contributed by atoms with E-state index in [2.05, 4.69) is 10.3 Å². The van der Waals surface area contributed by atoms with Crippen molar-refractivity contribution in [3.8, 4) is 0 Å². The third kappa shape index (κ3) is 4.84. The average molecular weight is 409 g/mol. The number of nitrogens with zero attached hydrogens (tertiary/aromatic N) is 3. The molecule has 1 aliphatic heterocycles. The molecular weight excluding hydrogens is 380 g/mol. The van der Waals surface area contributed by atoms with Gasteiger partial charge in [0.15, 0.2) is 0 Å². The minimum Gasteiger partial charge on any atom is -0.348 e. The van der Waals surface area contributed by atoms with Crippen LogP contribution >= 0.6 is 0 Å². The molecule has 0 radical (unpaired) electrons. The second kappa shape index (κ2) is 10.0. The van der Waals surface area contributed by atoms with Crippen LogP contribution in [-0.4, -0.2) is 52.1 Å². The normalized spacial score (nSPS) is 15.3. The van der Waals surface area contributed by atoms with Crippen molar-refractivity contribution in [3.05, 3.63) is 65.5 Å². The minimum absolute atomic E-state index is 0.257. The highest BCUT2D eigenvalue weighted by Gasteiger charge is 2.39. The van der Waals surface area contributed by atoms with E-state index in [-0.39, 0.29) is 12.5 Å². The van der Waals surface area contributed by atoms with E-state index in [0.29, 0.717) is 25.2 Å². The van der Waals surface area contributed by atoms with Crippen molar-refractivity contribution in [1.82, 2.24) is 20.1 Å². The average Bonchev–Trinajstić information content (AvgIpc) is 2.76. The molecule has 0 bridgehead atoms. The molecule has 7 nitrogen and oxygen atoms in total. The first-order valence-corrected chi connectivity index (χ1v) is 10.4. The Balaban J connectivity index is 1.80. The highest BCUT2D eigenvalue weighted by atomic mass is 16.2. The zero-order valence-electron chi connectivity index (χ0n) is 17.5. The van der Waals surface area contributed by atoms with Crippen molar-refractivity contribution in [2.45, 2.75) is 39.3 Å². The molecule has 1 aliphatic rings. The Morgan fingerprint density at radius 1 is 1.10 bits per heavy atom. The Morgan fingerprint density at radius 3 is 2.57 bits per heavy atom. The van der Waals surface area contributed by atoms with Crippen LogP contribution in [0.3, 0.4) is 0 Å². The van der Waals surface area contributed by atoms with Crippen LogP contribution in [-0.2, 0) is 20.9 Å². The van der Waals surface area contributed by atoms with Gasteiger partial charge in [-0.25, -0.2) is 0 Å². The molecule has 3 amide bonds. The van der Waals surface area contributed by atoms with E-state index in [9.17, 15) is 14.4 Å². The fraction of sp³-hybridized carbons (Fsp3) is 0.391. The van der Waals surface area contributed by atoms with Crippen LogP contribution in [0.1, 0.15) is 42.6 Å². The largest absolute Gasteiger partial charge is 0.348 e. The van der Waals surface area contributed by atoms with Crippen LogP contribution in [0.15, 0.2) is 48.7 Å². The van der Waals surface area contributed by atoms with Crippen molar-refractivity contribution in [2.75, 3.05) is 19.6 Å². The van der Waals surface area contributed by atoms with Crippen LogP contribution in [0.5, 0.6) is 0 Å². The van der Waals surface area contributed by atoms with Crippen LogP contribution in [0, 0.1) is 6.92 Å². The lowest BCUT2D eigenvalue weighted by Gasteiger charge is -2.38. The van der Waals surface area contributed by atoms with Gasteiger partial charge in [0, 0.05) is 25.8 Å². The molecule has 0 aliphatic carbocycles. The molecule has 1 unspecified atom stereocenters. The second-order valence-electron chi connectivity index (χ2n) is 7.44. The summed E-state index contributed by atoms with van der Waals surface area (Å²) in [7, 11) is 0. The standard InChI is InChI=1S/C23H28N4O3/c1-3-4-13-26-14-15-27(23(30)22(26)29)20(18-10-6-5-7-11-18)21(28)25-16-19-17(2)9-8-12-24-19/h5-12,20H,3-4,13-16H2,1-2H3,(H,25,28). The van der Waals surface area contributed by atoms with E-state index < -0.39 is 17.9 Å². The molecule has 0 saturated carbocycles. The fourth-order valence-corrected chi connectivity index (χ4v) is 3.58. The summed E-state index contributed by atoms with van der Waals surface area (Å²) in [6, 6.07) is 12.0. The number of hydrogen-bond acceptors (Lipinski definition) is 4. The summed E-state index contributed by atoms with van der Waals surface area (Å²) < 4.78 is 0. The van der Waals surface area contributed by atoms with E-state index in [1.54, 1.807) is 23.2 Å². The Bertz CT molecular complexity index is 900. The summed E-state index contributed by atoms with van der Waals surface area (Å²) in [6.45, 7) is 5.55. The molecule has 2 heterocycles. The molecule has 30 heavy (non-hydrogen) atoms. The van der Waals surface area contributed by atoms with Crippen LogP contribution in [0.2, 0.25) is 0 Å². The van der Waals surface area contributed by atoms with Gasteiger partial charge >= 0.3 is 11.8 Å². The fourth-order valence-electron chi connectivity index (χ4n) is 3.58. The molecule has 1 saturated heterocycles. The first-order valence-electron chi connectivity index (χ1n) is 10.4. The predicted molar refractivity (Wildman–Crippen MR) is 113 cm³/mol. The van der Waals surface area contributed by atoms with E-state index in [4.69, 9.17) is 0 Å². The van der Waals surface area contributed by atoms with Crippen LogP contribution in [0.4, 0.5) is 0 Å². The van der Waals surface area contributed by atoms with Crippen molar-refractivity contribution in [2.24, 2.45) is 0 Å². The highest BCUT2D eigenvalue weighted by molar-refractivity contribution is 6.35. The summed E-state index contributed by atoms with van der Waals surface area (Å²) in [5.41, 5.74) is 2.42. The van der Waals surface area contributed by atoms with Crippen molar-refractivity contribution < 1.29 is 14.4 Å². The maximum Gasteiger partial charge on any atom is 0.313 e. The molecular formula is C23H28N4O3. The Morgan fingerprint density at radius 2 is 1.87 bits per heavy atom. The van der Waals surface area contributed by atoms with Gasteiger partial charge in [0.05, 0.1) is 12.2 Å². The molecule has 0 spiro atoms. The molecule has 2 aromatic rings. The van der Waals surface area contributed by atoms with Gasteiger partial charge in [-0.05, 0) is 30.5 Å². The zero-order chi connectivity index (χ0) is 21.5. The number of piperazine rings is 1. The van der Waals surface area contributed by atoms with Gasteiger partial charge in [0.2, 0.25) is 5.91 Å². The van der Waals surface area contributed by atoms with E-state index in [1.165, 1.54) is 4.90 Å². The maximum absolute atomic E-state index is 13.2. The van der Waals surface area contributed by atoms with Crippen molar-refractivity contribution in [1.29, 1.82) is 0 Å². The summed E-state index contributed by atoms with van der Waals surface area (Å²) >= 11 is 0. The maximum atomic E-state index is 13.2. The lowest BCUT2D eigenvalue weighted by molar-refractivity contribution is -0.159. The van der Waals surface area contributed by atoms with Gasteiger partial charge in [-0.2, -0.15) is 0 Å². The number of amides is 3. The van der Waals surface area contributed by atoms with Gasteiger partial charge in [0.25, 0.3) is 0 Å². The second-order valence-corrected chi connectivity index (χ2v) is 7.44. The summed E-state index contributed by atoms with van der Waals surface area (Å²) in [4.78, 5) is 46.0. The molecule has 1 atom stereocenters. The SMILES string of the molecule is CCCCN1CCN(C(C(=O)NCc2ncccc2C)c2ccccc2)C(=O)C1=O. The smallest absolute Gasteiger partial charge is 0.313 e. The zero-order valence-corrected chi connectivity index (χ0v) is 17.5. The van der Waals surface area contributed by atoms with E-state index >= 15 is 0 Å². The lowest BCUT2D eigenvalue weighted by Crippen LogP contribution is -2.57. The molecule has 1 aromatic carbocycles. The number of unbranched alkanes of at least 4 members (excludes halogenated alkanes) is 1. The number of carbonyl (C=O) groups is 3. The van der Waals surface area contributed by atoms with Gasteiger partial charge in [-0.15, -0.1) is 0 Å². The highest BCUT2D eigenvalue weighted by Crippen LogP contribution is 2.24. The number of aryl methyl sites for hydroxylation is 1. The summed E-state index contributed by atoms with van der Waals surface area (Å²) in [5, 5.41) is 2.90. The topological polar surface area (TPSA) is 82.6 Å². The Hall–Kier alpha value is -3.22. The number of rotatable bonds is 8. The predicted octanol–water partition coefficient (Wildman–Crippen LogP) is 2.22. The van der Waals surface area contributed by atoms with Gasteiger partial charge in [-0.1, -0.05) is 49.7 Å². The summed E-state index contributed by atoms with van der Waals surface area (Å²) in [5.74, 6) is -1.49. The number of nitrogens with one attached hydrogen (secondary N) is 1. The lowest BCUT2D eigenvalue weighted by atomic mass is 10.0. The van der Waals surface area contributed by atoms with Gasteiger partial charge in [0.1, 0.15) is 6.04 Å². The van der Waals surface area contributed by atoms with E-state index in [0.717, 1.165) is 24.1 Å². The monoisotopic (exact) mass is 408 g/mol. The summed E-state index contributed by atoms with van der Waals surface area (Å²) in [6.07, 6.45) is 3.48. The van der Waals surface area contributed by atoms with Crippen molar-refractivity contribution in [3.63, 3.8) is 0 Å². The Kier molecular flexibility index (Phi) is 7.17. The van der Waals surface area contributed by atoms with Crippen LogP contribution in [0.25, 0.3) is 0 Å². The number of benzene rings is 1. The molecule has 3 rings (SSSR count). The first-order chi connectivity index (χ1) is 14.5. The minimum atomic E-state index is -0.861. The molecule has 7 heteroatoms. The molecule has 1 N–H and O–H groups in total. The molecule has 158 valence electrons. The quantitative estimate of drug-likeness (QED) is 0.679. The van der Waals surface area contributed by atoms with Crippen molar-refractivity contribution >= 4 is 17.7 Å². The number of carbonyl (C=O) groups excluding carboxylic acids is 3. The third-order valence-corrected chi connectivity index (χ3v) is 5.35. The van der Waals surface area contributed by atoms with Crippen LogP contribution < -0.4 is 5.32 Å². The number of pyridine rings is 1. The number of aromatic nitrogens is 1. The van der Waals surface area contributed by atoms with E-state index in [1.807, 2.05) is 44.2 Å². The molecule has 1 fully saturated rings. The third-order valence-electron chi connectivity index (χ3n) is 5.35.